The number of alkyl halides is 3. The van der Waals surface area contributed by atoms with Crippen molar-refractivity contribution >= 4 is 5.71 Å². The predicted molar refractivity (Wildman–Crippen MR) is 59.3 cm³/mol. The molecule has 1 aromatic carbocycles. The Labute approximate surface area is 102 Å². The van der Waals surface area contributed by atoms with E-state index < -0.39 is 19.2 Å². The van der Waals surface area contributed by atoms with Gasteiger partial charge in [-0.3, -0.25) is 0 Å². The molecule has 18 heavy (non-hydrogen) atoms. The topological polar surface area (TPSA) is 41.8 Å². The molecule has 0 bridgehead atoms. The minimum atomic E-state index is -4.21. The van der Waals surface area contributed by atoms with E-state index in [0.29, 0.717) is 24.3 Å². The second-order valence-electron chi connectivity index (χ2n) is 4.04. The molecule has 0 fully saturated rings. The van der Waals surface area contributed by atoms with Gasteiger partial charge in [0.1, 0.15) is 5.75 Å². The van der Waals surface area contributed by atoms with Crippen LogP contribution in [0.25, 0.3) is 0 Å². The van der Waals surface area contributed by atoms with Gasteiger partial charge in [0.15, 0.2) is 0 Å². The molecule has 0 aliphatic heterocycles. The molecule has 0 heterocycles. The molecule has 98 valence electrons. The molecule has 0 aromatic heterocycles. The summed E-state index contributed by atoms with van der Waals surface area (Å²) in [5.74, 6) is 0.440. The summed E-state index contributed by atoms with van der Waals surface area (Å²) in [7, 11) is 0. The minimum absolute atomic E-state index is 0.397. The maximum atomic E-state index is 12.0. The lowest BCUT2D eigenvalue weighted by Gasteiger charge is -2.11. The zero-order chi connectivity index (χ0) is 13.2. The van der Waals surface area contributed by atoms with E-state index in [0.717, 1.165) is 11.1 Å². The van der Waals surface area contributed by atoms with Crippen molar-refractivity contribution in [2.24, 2.45) is 5.16 Å². The first kappa shape index (κ1) is 12.7. The van der Waals surface area contributed by atoms with Crippen LogP contribution in [0.15, 0.2) is 23.4 Å². The summed E-state index contributed by atoms with van der Waals surface area (Å²) >= 11 is 0. The van der Waals surface area contributed by atoms with E-state index in [4.69, 9.17) is 9.94 Å². The summed E-state index contributed by atoms with van der Waals surface area (Å²) in [5, 5.41) is 12.0. The number of hydrogen-bond donors (Lipinski definition) is 1. The fourth-order valence-corrected chi connectivity index (χ4v) is 1.99. The van der Waals surface area contributed by atoms with E-state index in [-0.39, 0.29) is 0 Å². The lowest BCUT2D eigenvalue weighted by atomic mass is 10.1. The first-order valence-electron chi connectivity index (χ1n) is 5.54. The van der Waals surface area contributed by atoms with Crippen LogP contribution in [-0.2, 0) is 6.42 Å². The molecule has 0 saturated carbocycles. The highest BCUT2D eigenvalue weighted by atomic mass is 19.4. The number of halogens is 3. The standard InChI is InChI=1S/C12H12F3NO2/c13-12(14,15)6-7-18-11-3-1-2-8-9(11)4-5-10(8)16-17/h1-3,17H,4-7H2. The number of rotatable bonds is 3. The highest BCUT2D eigenvalue weighted by Gasteiger charge is 2.27. The fraction of sp³-hybridized carbons (Fsp3) is 0.417. The first-order valence-corrected chi connectivity index (χ1v) is 5.54. The third kappa shape index (κ3) is 2.75. The maximum Gasteiger partial charge on any atom is 0.392 e. The molecule has 0 amide bonds. The smallest absolute Gasteiger partial charge is 0.392 e. The van der Waals surface area contributed by atoms with Crippen molar-refractivity contribution in [2.45, 2.75) is 25.4 Å². The third-order valence-electron chi connectivity index (χ3n) is 2.82. The van der Waals surface area contributed by atoms with Crippen molar-refractivity contribution < 1.29 is 23.1 Å². The largest absolute Gasteiger partial charge is 0.493 e. The van der Waals surface area contributed by atoms with E-state index >= 15 is 0 Å². The minimum Gasteiger partial charge on any atom is -0.493 e. The number of hydrogen-bond acceptors (Lipinski definition) is 3. The third-order valence-corrected chi connectivity index (χ3v) is 2.82. The lowest BCUT2D eigenvalue weighted by molar-refractivity contribution is -0.139. The average molecular weight is 259 g/mol. The predicted octanol–water partition coefficient (Wildman–Crippen LogP) is 3.14. The number of fused-ring (bicyclic) bond motifs is 1. The summed E-state index contributed by atoms with van der Waals surface area (Å²) < 4.78 is 41.2. The zero-order valence-corrected chi connectivity index (χ0v) is 9.50. The molecule has 0 saturated heterocycles. The highest BCUT2D eigenvalue weighted by Crippen LogP contribution is 2.31. The van der Waals surface area contributed by atoms with Crippen LogP contribution in [0.4, 0.5) is 13.2 Å². The van der Waals surface area contributed by atoms with Gasteiger partial charge in [0.25, 0.3) is 0 Å². The molecular formula is C12H12F3NO2. The van der Waals surface area contributed by atoms with Crippen LogP contribution >= 0.6 is 0 Å². The number of benzene rings is 1. The van der Waals surface area contributed by atoms with Crippen LogP contribution in [0, 0.1) is 0 Å². The van der Waals surface area contributed by atoms with Crippen LogP contribution in [0.5, 0.6) is 5.75 Å². The van der Waals surface area contributed by atoms with Crippen molar-refractivity contribution in [3.05, 3.63) is 29.3 Å². The fourth-order valence-electron chi connectivity index (χ4n) is 1.99. The number of nitrogens with zero attached hydrogens (tertiary/aromatic N) is 1. The zero-order valence-electron chi connectivity index (χ0n) is 9.50. The summed E-state index contributed by atoms with van der Waals surface area (Å²) in [4.78, 5) is 0. The summed E-state index contributed by atoms with van der Waals surface area (Å²) in [6.07, 6.45) is -3.99. The Hall–Kier alpha value is -1.72. The Balaban J connectivity index is 2.09. The van der Waals surface area contributed by atoms with Crippen LogP contribution in [-0.4, -0.2) is 23.7 Å². The van der Waals surface area contributed by atoms with Gasteiger partial charge in [0.2, 0.25) is 0 Å². The molecule has 6 heteroatoms. The van der Waals surface area contributed by atoms with Gasteiger partial charge in [0, 0.05) is 11.1 Å². The second kappa shape index (κ2) is 4.88. The second-order valence-corrected chi connectivity index (χ2v) is 4.04. The summed E-state index contributed by atoms with van der Waals surface area (Å²) in [6.45, 7) is -0.397. The number of oxime groups is 1. The van der Waals surface area contributed by atoms with Gasteiger partial charge >= 0.3 is 6.18 Å². The van der Waals surface area contributed by atoms with Gasteiger partial charge in [-0.05, 0) is 18.9 Å². The molecule has 0 atom stereocenters. The van der Waals surface area contributed by atoms with Crippen molar-refractivity contribution in [1.29, 1.82) is 0 Å². The normalized spacial score (nSPS) is 16.9. The monoisotopic (exact) mass is 259 g/mol. The van der Waals surface area contributed by atoms with Crippen molar-refractivity contribution in [3.8, 4) is 5.75 Å². The Morgan fingerprint density at radius 2 is 2.06 bits per heavy atom. The molecular weight excluding hydrogens is 247 g/mol. The highest BCUT2D eigenvalue weighted by molar-refractivity contribution is 6.04. The van der Waals surface area contributed by atoms with E-state index in [1.165, 1.54) is 0 Å². The van der Waals surface area contributed by atoms with E-state index in [9.17, 15) is 13.2 Å². The van der Waals surface area contributed by atoms with Gasteiger partial charge in [-0.1, -0.05) is 17.3 Å². The summed E-state index contributed by atoms with van der Waals surface area (Å²) in [6, 6.07) is 5.09. The van der Waals surface area contributed by atoms with Gasteiger partial charge in [0.05, 0.1) is 18.7 Å². The van der Waals surface area contributed by atoms with Crippen LogP contribution in [0.2, 0.25) is 0 Å². The molecule has 1 aromatic rings. The van der Waals surface area contributed by atoms with Gasteiger partial charge in [-0.2, -0.15) is 13.2 Å². The lowest BCUT2D eigenvalue weighted by Crippen LogP contribution is -2.13. The molecule has 1 aliphatic carbocycles. The SMILES string of the molecule is ON=C1CCc2c(OCCC(F)(F)F)cccc21. The van der Waals surface area contributed by atoms with Crippen molar-refractivity contribution in [3.63, 3.8) is 0 Å². The van der Waals surface area contributed by atoms with Crippen LogP contribution < -0.4 is 4.74 Å². The van der Waals surface area contributed by atoms with E-state index in [2.05, 4.69) is 5.16 Å². The van der Waals surface area contributed by atoms with E-state index in [1.54, 1.807) is 18.2 Å². The van der Waals surface area contributed by atoms with Crippen molar-refractivity contribution in [1.82, 2.24) is 0 Å². The Morgan fingerprint density at radius 3 is 2.72 bits per heavy atom. The Morgan fingerprint density at radius 1 is 1.28 bits per heavy atom. The summed E-state index contributed by atoms with van der Waals surface area (Å²) in [5.41, 5.74) is 2.11. The van der Waals surface area contributed by atoms with Gasteiger partial charge < -0.3 is 9.94 Å². The first-order chi connectivity index (χ1) is 8.51. The van der Waals surface area contributed by atoms with Crippen LogP contribution in [0.1, 0.15) is 24.0 Å². The number of ether oxygens (including phenoxy) is 1. The van der Waals surface area contributed by atoms with E-state index in [1.807, 2.05) is 0 Å². The van der Waals surface area contributed by atoms with Crippen molar-refractivity contribution in [2.75, 3.05) is 6.61 Å². The molecule has 0 radical (unpaired) electrons. The van der Waals surface area contributed by atoms with Crippen LogP contribution in [0.3, 0.4) is 0 Å². The molecule has 3 nitrogen and oxygen atoms in total. The maximum absolute atomic E-state index is 12.0. The molecule has 2 rings (SSSR count). The quantitative estimate of drug-likeness (QED) is 0.669. The Kier molecular flexibility index (Phi) is 3.45. The van der Waals surface area contributed by atoms with Gasteiger partial charge in [-0.25, -0.2) is 0 Å². The molecule has 0 spiro atoms. The molecule has 1 N–H and O–H groups in total. The van der Waals surface area contributed by atoms with Gasteiger partial charge in [-0.15, -0.1) is 0 Å². The average Bonchev–Trinajstić information content (AvgIpc) is 2.71. The Bertz CT molecular complexity index is 469. The molecule has 1 aliphatic rings. The molecule has 0 unspecified atom stereocenters.